The summed E-state index contributed by atoms with van der Waals surface area (Å²) in [5, 5.41) is 0. The molecule has 0 unspecified atom stereocenters. The number of imidazole rings is 1. The Morgan fingerprint density at radius 3 is 2.67 bits per heavy atom. The predicted octanol–water partition coefficient (Wildman–Crippen LogP) is 4.05. The van der Waals surface area contributed by atoms with E-state index in [4.69, 9.17) is 9.72 Å². The first-order valence-corrected chi connectivity index (χ1v) is 8.17. The summed E-state index contributed by atoms with van der Waals surface area (Å²) < 4.78 is 7.90. The van der Waals surface area contributed by atoms with Gasteiger partial charge in [-0.2, -0.15) is 0 Å². The summed E-state index contributed by atoms with van der Waals surface area (Å²) in [5.41, 5.74) is 2.32. The summed E-state index contributed by atoms with van der Waals surface area (Å²) >= 11 is 4.44. The molecule has 3 nitrogen and oxygen atoms in total. The molecule has 114 valence electrons. The van der Waals surface area contributed by atoms with Crippen molar-refractivity contribution >= 4 is 23.7 Å². The van der Waals surface area contributed by atoms with E-state index in [0.717, 1.165) is 43.0 Å². The van der Waals surface area contributed by atoms with Crippen LogP contribution in [-0.4, -0.2) is 22.8 Å². The van der Waals surface area contributed by atoms with Gasteiger partial charge in [0.05, 0.1) is 11.0 Å². The highest BCUT2D eigenvalue weighted by molar-refractivity contribution is 7.80. The molecule has 4 heteroatoms. The Labute approximate surface area is 132 Å². The van der Waals surface area contributed by atoms with Gasteiger partial charge in [-0.1, -0.05) is 20.8 Å². The smallest absolute Gasteiger partial charge is 0.115 e. The third-order valence-corrected chi connectivity index (χ3v) is 4.46. The number of thiol groups is 1. The molecule has 0 bridgehead atoms. The highest BCUT2D eigenvalue weighted by atomic mass is 32.1. The lowest BCUT2D eigenvalue weighted by atomic mass is 9.94. The van der Waals surface area contributed by atoms with Gasteiger partial charge in [0.1, 0.15) is 5.82 Å². The SMILES string of the molecule is CC(C)(C)c1nc2cc(S)ccc2n1CC1CCOCC1. The van der Waals surface area contributed by atoms with E-state index in [2.05, 4.69) is 56.2 Å². The van der Waals surface area contributed by atoms with Gasteiger partial charge in [-0.3, -0.25) is 0 Å². The van der Waals surface area contributed by atoms with Gasteiger partial charge in [0.25, 0.3) is 0 Å². The van der Waals surface area contributed by atoms with Crippen LogP contribution in [0, 0.1) is 5.92 Å². The number of nitrogens with zero attached hydrogens (tertiary/aromatic N) is 2. The Morgan fingerprint density at radius 1 is 1.29 bits per heavy atom. The summed E-state index contributed by atoms with van der Waals surface area (Å²) in [6.45, 7) is 9.52. The minimum Gasteiger partial charge on any atom is -0.381 e. The van der Waals surface area contributed by atoms with Crippen LogP contribution in [0.1, 0.15) is 39.4 Å². The zero-order chi connectivity index (χ0) is 15.0. The van der Waals surface area contributed by atoms with Crippen LogP contribution >= 0.6 is 12.6 Å². The van der Waals surface area contributed by atoms with Crippen LogP contribution in [0.3, 0.4) is 0 Å². The van der Waals surface area contributed by atoms with Gasteiger partial charge in [-0.15, -0.1) is 12.6 Å². The molecular formula is C17H24N2OS. The zero-order valence-electron chi connectivity index (χ0n) is 13.1. The van der Waals surface area contributed by atoms with Gasteiger partial charge >= 0.3 is 0 Å². The number of fused-ring (bicyclic) bond motifs is 1. The maximum absolute atomic E-state index is 5.48. The molecule has 3 rings (SSSR count). The quantitative estimate of drug-likeness (QED) is 0.847. The van der Waals surface area contributed by atoms with Crippen molar-refractivity contribution in [1.29, 1.82) is 0 Å². The Hall–Kier alpha value is -1.00. The maximum Gasteiger partial charge on any atom is 0.115 e. The van der Waals surface area contributed by atoms with Crippen LogP contribution in [0.15, 0.2) is 23.1 Å². The lowest BCUT2D eigenvalue weighted by molar-refractivity contribution is 0.0611. The molecule has 1 aliphatic heterocycles. The van der Waals surface area contributed by atoms with Crippen LogP contribution in [-0.2, 0) is 16.7 Å². The van der Waals surface area contributed by atoms with E-state index in [1.807, 2.05) is 0 Å². The average Bonchev–Trinajstić information content (AvgIpc) is 2.78. The standard InChI is InChI=1S/C17H24N2OS/c1-17(2,3)16-18-14-10-13(21)4-5-15(14)19(16)11-12-6-8-20-9-7-12/h4-5,10,12,21H,6-9,11H2,1-3H3. The summed E-state index contributed by atoms with van der Waals surface area (Å²) in [6, 6.07) is 6.27. The predicted molar refractivity (Wildman–Crippen MR) is 89.2 cm³/mol. The molecule has 0 saturated carbocycles. The first-order chi connectivity index (χ1) is 9.95. The fourth-order valence-corrected chi connectivity index (χ4v) is 3.26. The Balaban J connectivity index is 2.04. The lowest BCUT2D eigenvalue weighted by Crippen LogP contribution is -2.25. The van der Waals surface area contributed by atoms with Crippen LogP contribution in [0.2, 0.25) is 0 Å². The van der Waals surface area contributed by atoms with Gasteiger partial charge in [-0.25, -0.2) is 4.98 Å². The second-order valence-electron chi connectivity index (χ2n) is 7.02. The van der Waals surface area contributed by atoms with Crippen molar-refractivity contribution < 1.29 is 4.74 Å². The van der Waals surface area contributed by atoms with Crippen LogP contribution in [0.25, 0.3) is 11.0 Å². The number of rotatable bonds is 2. The van der Waals surface area contributed by atoms with Gasteiger partial charge in [0.2, 0.25) is 0 Å². The Kier molecular flexibility index (Phi) is 4.02. The van der Waals surface area contributed by atoms with E-state index in [1.54, 1.807) is 0 Å². The summed E-state index contributed by atoms with van der Waals surface area (Å²) in [5.74, 6) is 1.86. The number of aromatic nitrogens is 2. The van der Waals surface area contributed by atoms with Crippen molar-refractivity contribution in [3.8, 4) is 0 Å². The normalized spacial score (nSPS) is 17.5. The number of hydrogen-bond donors (Lipinski definition) is 1. The number of ether oxygens (including phenoxy) is 1. The second kappa shape index (κ2) is 5.65. The molecular weight excluding hydrogens is 280 g/mol. The van der Waals surface area contributed by atoms with Crippen molar-refractivity contribution in [1.82, 2.24) is 9.55 Å². The van der Waals surface area contributed by atoms with Crippen molar-refractivity contribution in [2.45, 2.75) is 50.5 Å². The van der Waals surface area contributed by atoms with Crippen molar-refractivity contribution in [3.05, 3.63) is 24.0 Å². The molecule has 1 aromatic heterocycles. The topological polar surface area (TPSA) is 27.1 Å². The van der Waals surface area contributed by atoms with Crippen LogP contribution in [0.4, 0.5) is 0 Å². The Bertz CT molecular complexity index is 636. The third-order valence-electron chi connectivity index (χ3n) is 4.18. The first-order valence-electron chi connectivity index (χ1n) is 7.72. The third kappa shape index (κ3) is 3.11. The molecule has 1 saturated heterocycles. The molecule has 2 aromatic rings. The van der Waals surface area contributed by atoms with Crippen molar-refractivity contribution in [2.24, 2.45) is 5.92 Å². The van der Waals surface area contributed by atoms with Gasteiger partial charge in [0, 0.05) is 30.1 Å². The number of hydrogen-bond acceptors (Lipinski definition) is 3. The minimum atomic E-state index is 0.0426. The Morgan fingerprint density at radius 2 is 2.00 bits per heavy atom. The summed E-state index contributed by atoms with van der Waals surface area (Å²) in [4.78, 5) is 5.86. The summed E-state index contributed by atoms with van der Waals surface area (Å²) in [6.07, 6.45) is 2.29. The maximum atomic E-state index is 5.48. The lowest BCUT2D eigenvalue weighted by Gasteiger charge is -2.26. The largest absolute Gasteiger partial charge is 0.381 e. The highest BCUT2D eigenvalue weighted by Crippen LogP contribution is 2.30. The molecule has 2 heterocycles. The molecule has 0 aliphatic carbocycles. The molecule has 0 N–H and O–H groups in total. The van der Waals surface area contributed by atoms with Crippen LogP contribution in [0.5, 0.6) is 0 Å². The fourth-order valence-electron chi connectivity index (χ4n) is 3.06. The van der Waals surface area contributed by atoms with E-state index in [0.29, 0.717) is 5.92 Å². The second-order valence-corrected chi connectivity index (χ2v) is 7.54. The zero-order valence-corrected chi connectivity index (χ0v) is 14.0. The molecule has 0 radical (unpaired) electrons. The van der Waals surface area contributed by atoms with E-state index in [-0.39, 0.29) is 5.41 Å². The highest BCUT2D eigenvalue weighted by Gasteiger charge is 2.25. The first kappa shape index (κ1) is 14.9. The van der Waals surface area contributed by atoms with E-state index >= 15 is 0 Å². The van der Waals surface area contributed by atoms with Gasteiger partial charge in [-0.05, 0) is 37.0 Å². The van der Waals surface area contributed by atoms with Gasteiger partial charge < -0.3 is 9.30 Å². The van der Waals surface area contributed by atoms with Gasteiger partial charge in [0.15, 0.2) is 0 Å². The molecule has 1 aromatic carbocycles. The van der Waals surface area contributed by atoms with E-state index in [1.165, 1.54) is 11.3 Å². The fraction of sp³-hybridized carbons (Fsp3) is 0.588. The summed E-state index contributed by atoms with van der Waals surface area (Å²) in [7, 11) is 0. The molecule has 1 fully saturated rings. The molecule has 0 atom stereocenters. The minimum absolute atomic E-state index is 0.0426. The van der Waals surface area contributed by atoms with Crippen molar-refractivity contribution in [2.75, 3.05) is 13.2 Å². The van der Waals surface area contributed by atoms with E-state index < -0.39 is 0 Å². The molecule has 0 spiro atoms. The molecule has 0 amide bonds. The monoisotopic (exact) mass is 304 g/mol. The van der Waals surface area contributed by atoms with Crippen LogP contribution < -0.4 is 0 Å². The van der Waals surface area contributed by atoms with E-state index in [9.17, 15) is 0 Å². The number of benzene rings is 1. The molecule has 1 aliphatic rings. The molecule has 21 heavy (non-hydrogen) atoms. The van der Waals surface area contributed by atoms with Crippen molar-refractivity contribution in [3.63, 3.8) is 0 Å². The average molecular weight is 304 g/mol.